The fourth-order valence-electron chi connectivity index (χ4n) is 3.01. The molecule has 1 aromatic heterocycles. The zero-order chi connectivity index (χ0) is 19.5. The first kappa shape index (κ1) is 18.2. The highest BCUT2D eigenvalue weighted by molar-refractivity contribution is 5.93. The summed E-state index contributed by atoms with van der Waals surface area (Å²) in [7, 11) is 0. The van der Waals surface area contributed by atoms with Gasteiger partial charge in [-0.25, -0.2) is 9.78 Å². The van der Waals surface area contributed by atoms with Crippen molar-refractivity contribution in [3.8, 4) is 17.2 Å². The average Bonchev–Trinajstić information content (AvgIpc) is 3.15. The van der Waals surface area contributed by atoms with Gasteiger partial charge in [0, 0.05) is 19.5 Å². The van der Waals surface area contributed by atoms with Crippen molar-refractivity contribution in [1.29, 1.82) is 0 Å². The fraction of sp³-hybridized carbons (Fsp3) is 0.350. The lowest BCUT2D eigenvalue weighted by Crippen LogP contribution is -2.42. The lowest BCUT2D eigenvalue weighted by Gasteiger charge is -2.30. The number of carboxylic acids is 1. The summed E-state index contributed by atoms with van der Waals surface area (Å²) in [5.74, 6) is -0.261. The largest absolute Gasteiger partial charge is 0.488 e. The van der Waals surface area contributed by atoms with E-state index in [0.29, 0.717) is 30.4 Å². The molecule has 8 nitrogen and oxygen atoms in total. The van der Waals surface area contributed by atoms with Gasteiger partial charge in [0.25, 0.3) is 5.91 Å². The van der Waals surface area contributed by atoms with E-state index in [0.717, 1.165) is 25.9 Å². The zero-order valence-corrected chi connectivity index (χ0v) is 15.2. The van der Waals surface area contributed by atoms with E-state index in [1.807, 2.05) is 0 Å². The normalized spacial score (nSPS) is 18.4. The van der Waals surface area contributed by atoms with Gasteiger partial charge in [0.05, 0.1) is 19.4 Å². The van der Waals surface area contributed by atoms with Gasteiger partial charge < -0.3 is 24.2 Å². The van der Waals surface area contributed by atoms with E-state index in [-0.39, 0.29) is 23.3 Å². The second-order valence-corrected chi connectivity index (χ2v) is 6.69. The first-order valence-corrected chi connectivity index (χ1v) is 9.15. The number of amides is 1. The molecule has 0 aliphatic carbocycles. The van der Waals surface area contributed by atoms with E-state index < -0.39 is 5.97 Å². The van der Waals surface area contributed by atoms with E-state index >= 15 is 0 Å². The molecule has 3 heterocycles. The van der Waals surface area contributed by atoms with Crippen molar-refractivity contribution < 1.29 is 28.9 Å². The van der Waals surface area contributed by atoms with Crippen LogP contribution in [0.5, 0.6) is 17.2 Å². The van der Waals surface area contributed by atoms with Crippen molar-refractivity contribution in [1.82, 2.24) is 9.88 Å². The van der Waals surface area contributed by atoms with Crippen LogP contribution in [-0.2, 0) is 4.74 Å². The van der Waals surface area contributed by atoms with Crippen LogP contribution in [0.3, 0.4) is 0 Å². The van der Waals surface area contributed by atoms with Crippen molar-refractivity contribution in [2.45, 2.75) is 18.9 Å². The highest BCUT2D eigenvalue weighted by atomic mass is 16.5. The second-order valence-electron chi connectivity index (χ2n) is 6.69. The summed E-state index contributed by atoms with van der Waals surface area (Å²) >= 11 is 0. The number of carboxylic acid groups (broad SMARTS) is 1. The van der Waals surface area contributed by atoms with Crippen LogP contribution in [-0.4, -0.2) is 59.3 Å². The van der Waals surface area contributed by atoms with Crippen LogP contribution in [0.15, 0.2) is 36.5 Å². The van der Waals surface area contributed by atoms with Crippen molar-refractivity contribution >= 4 is 11.9 Å². The van der Waals surface area contributed by atoms with Crippen LogP contribution >= 0.6 is 0 Å². The van der Waals surface area contributed by atoms with Gasteiger partial charge in [0.15, 0.2) is 0 Å². The van der Waals surface area contributed by atoms with Gasteiger partial charge in [-0.05, 0) is 36.8 Å². The molecule has 4 rings (SSSR count). The topological polar surface area (TPSA) is 98.2 Å². The molecule has 0 spiro atoms. The van der Waals surface area contributed by atoms with E-state index in [9.17, 15) is 14.7 Å². The molecule has 2 aliphatic rings. The predicted molar refractivity (Wildman–Crippen MR) is 98.1 cm³/mol. The first-order chi connectivity index (χ1) is 13.6. The highest BCUT2D eigenvalue weighted by Gasteiger charge is 2.23. The molecule has 1 aromatic carbocycles. The summed E-state index contributed by atoms with van der Waals surface area (Å²) < 4.78 is 16.7. The number of nitrogens with zero attached hydrogens (tertiary/aromatic N) is 2. The molecule has 2 fully saturated rings. The van der Waals surface area contributed by atoms with E-state index in [1.165, 1.54) is 12.3 Å². The van der Waals surface area contributed by atoms with Gasteiger partial charge in [-0.2, -0.15) is 0 Å². The molecule has 1 atom stereocenters. The second kappa shape index (κ2) is 7.85. The SMILES string of the molecule is O=C(O)c1cc(O[C@H]2CCOC2)ccc1Oc1ccc(C(=O)N2CCC2)nc1. The van der Waals surface area contributed by atoms with Crippen molar-refractivity contribution in [3.05, 3.63) is 47.8 Å². The third-order valence-electron chi connectivity index (χ3n) is 4.70. The minimum atomic E-state index is -1.12. The Kier molecular flexibility index (Phi) is 5.12. The Bertz CT molecular complexity index is 873. The number of ether oxygens (including phenoxy) is 3. The van der Waals surface area contributed by atoms with Crippen LogP contribution < -0.4 is 9.47 Å². The van der Waals surface area contributed by atoms with Gasteiger partial charge in [-0.3, -0.25) is 4.79 Å². The Hall–Kier alpha value is -3.13. The van der Waals surface area contributed by atoms with Crippen molar-refractivity contribution in [2.24, 2.45) is 0 Å². The Morgan fingerprint density at radius 3 is 2.61 bits per heavy atom. The van der Waals surface area contributed by atoms with E-state index in [2.05, 4.69) is 4.98 Å². The molecule has 2 aromatic rings. The van der Waals surface area contributed by atoms with Gasteiger partial charge in [-0.15, -0.1) is 0 Å². The number of aromatic carboxylic acids is 1. The molecule has 28 heavy (non-hydrogen) atoms. The number of aromatic nitrogens is 1. The summed E-state index contributed by atoms with van der Waals surface area (Å²) in [4.78, 5) is 29.6. The smallest absolute Gasteiger partial charge is 0.339 e. The molecular weight excluding hydrogens is 364 g/mol. The van der Waals surface area contributed by atoms with Crippen LogP contribution in [0.4, 0.5) is 0 Å². The Balaban J connectivity index is 1.48. The van der Waals surface area contributed by atoms with Crippen LogP contribution in [0.25, 0.3) is 0 Å². The molecule has 0 saturated carbocycles. The number of carbonyl (C=O) groups excluding carboxylic acids is 1. The molecule has 1 amide bonds. The van der Waals surface area contributed by atoms with Gasteiger partial charge in [-0.1, -0.05) is 0 Å². The average molecular weight is 384 g/mol. The van der Waals surface area contributed by atoms with Crippen LogP contribution in [0, 0.1) is 0 Å². The maximum absolute atomic E-state index is 12.1. The maximum Gasteiger partial charge on any atom is 0.339 e. The van der Waals surface area contributed by atoms with Crippen LogP contribution in [0.1, 0.15) is 33.7 Å². The minimum absolute atomic E-state index is 0.0165. The fourth-order valence-corrected chi connectivity index (χ4v) is 3.01. The lowest BCUT2D eigenvalue weighted by molar-refractivity contribution is 0.0644. The summed E-state index contributed by atoms with van der Waals surface area (Å²) in [5, 5.41) is 9.51. The van der Waals surface area contributed by atoms with Crippen LogP contribution in [0.2, 0.25) is 0 Å². The molecule has 2 aliphatic heterocycles. The molecule has 0 unspecified atom stereocenters. The summed E-state index contributed by atoms with van der Waals surface area (Å²) in [6.45, 7) is 2.64. The monoisotopic (exact) mass is 384 g/mol. The molecule has 8 heteroatoms. The van der Waals surface area contributed by atoms with Gasteiger partial charge >= 0.3 is 5.97 Å². The quantitative estimate of drug-likeness (QED) is 0.817. The zero-order valence-electron chi connectivity index (χ0n) is 15.2. The summed E-state index contributed by atoms with van der Waals surface area (Å²) in [6, 6.07) is 7.83. The Labute approximate surface area is 161 Å². The number of pyridine rings is 1. The van der Waals surface area contributed by atoms with Crippen molar-refractivity contribution in [3.63, 3.8) is 0 Å². The number of hydrogen-bond acceptors (Lipinski definition) is 6. The minimum Gasteiger partial charge on any atom is -0.488 e. The summed E-state index contributed by atoms with van der Waals surface area (Å²) in [5.41, 5.74) is 0.324. The molecule has 0 radical (unpaired) electrons. The third kappa shape index (κ3) is 3.91. The Morgan fingerprint density at radius 1 is 1.18 bits per heavy atom. The standard InChI is InChI=1S/C20H20N2O6/c23-19(22-7-1-8-22)17-4-2-14(11-21-17)28-18-5-3-13(10-16(18)20(24)25)27-15-6-9-26-12-15/h2-5,10-11,15H,1,6-9,12H2,(H,24,25)/t15-/m0/s1. The molecule has 1 N–H and O–H groups in total. The number of rotatable bonds is 6. The third-order valence-corrected chi connectivity index (χ3v) is 4.70. The van der Waals surface area contributed by atoms with Gasteiger partial charge in [0.1, 0.15) is 34.6 Å². The number of likely N-dealkylation sites (tertiary alicyclic amines) is 1. The van der Waals surface area contributed by atoms with E-state index in [1.54, 1.807) is 29.2 Å². The number of hydrogen-bond donors (Lipinski definition) is 1. The number of carbonyl (C=O) groups is 2. The molecule has 146 valence electrons. The molecule has 0 bridgehead atoms. The summed E-state index contributed by atoms with van der Waals surface area (Å²) in [6.07, 6.45) is 3.13. The lowest BCUT2D eigenvalue weighted by atomic mass is 10.2. The van der Waals surface area contributed by atoms with E-state index in [4.69, 9.17) is 14.2 Å². The van der Waals surface area contributed by atoms with Crippen molar-refractivity contribution in [2.75, 3.05) is 26.3 Å². The van der Waals surface area contributed by atoms with Gasteiger partial charge in [0.2, 0.25) is 0 Å². The first-order valence-electron chi connectivity index (χ1n) is 9.15. The molecular formula is C20H20N2O6. The number of benzene rings is 1. The maximum atomic E-state index is 12.1. The highest BCUT2D eigenvalue weighted by Crippen LogP contribution is 2.30. The molecule has 2 saturated heterocycles. The predicted octanol–water partition coefficient (Wildman–Crippen LogP) is 2.59. The Morgan fingerprint density at radius 2 is 2.00 bits per heavy atom.